The fourth-order valence-electron chi connectivity index (χ4n) is 5.38. The van der Waals surface area contributed by atoms with Crippen LogP contribution in [0.3, 0.4) is 0 Å². The average molecular weight is 408 g/mol. The molecule has 1 saturated carbocycles. The van der Waals surface area contributed by atoms with Crippen molar-refractivity contribution in [2.45, 2.75) is 64.8 Å². The maximum atomic E-state index is 14.8. The Hall–Kier alpha value is -1.99. The van der Waals surface area contributed by atoms with Crippen molar-refractivity contribution in [2.75, 3.05) is 19.6 Å². The number of piperidine rings is 2. The lowest BCUT2D eigenvalue weighted by Crippen LogP contribution is -2.63. The maximum Gasteiger partial charge on any atom is 0.266 e. The summed E-state index contributed by atoms with van der Waals surface area (Å²) >= 11 is 0. The largest absolute Gasteiger partial charge is 0.336 e. The Morgan fingerprint density at radius 3 is 2.52 bits per heavy atom. The summed E-state index contributed by atoms with van der Waals surface area (Å²) in [6.07, 6.45) is 3.02. The molecule has 1 spiro atoms. The van der Waals surface area contributed by atoms with Crippen LogP contribution in [0.5, 0.6) is 0 Å². The summed E-state index contributed by atoms with van der Waals surface area (Å²) in [5.41, 5.74) is 0.00328. The summed E-state index contributed by atoms with van der Waals surface area (Å²) in [5, 5.41) is 4.31. The summed E-state index contributed by atoms with van der Waals surface area (Å²) in [4.78, 5) is 29.4. The van der Waals surface area contributed by atoms with Crippen LogP contribution in [0.1, 0.15) is 56.8 Å². The van der Waals surface area contributed by atoms with Gasteiger partial charge in [-0.25, -0.2) is 8.78 Å². The summed E-state index contributed by atoms with van der Waals surface area (Å²) in [7, 11) is 1.82. The Bertz CT molecular complexity index is 833. The van der Waals surface area contributed by atoms with E-state index in [-0.39, 0.29) is 18.4 Å². The molecule has 2 aliphatic heterocycles. The van der Waals surface area contributed by atoms with Gasteiger partial charge in [0.15, 0.2) is 0 Å². The molecule has 29 heavy (non-hydrogen) atoms. The SMILES string of the molecule is Cc1cc(CN2CCC[C@]3(CN(C(=O)C4(C)CCC4)CC(F)(F)C3)C2=O)n(C)n1. The fourth-order valence-corrected chi connectivity index (χ4v) is 5.38. The standard InChI is InChI=1S/C21H30F2N4O2/c1-15-10-16(25(3)24-15)11-26-9-5-8-20(18(26)29)12-21(22,23)14-27(13-20)17(28)19(2)6-4-7-19/h10H,4-9,11-14H2,1-3H3/t20-/m0/s1. The molecular formula is C21H30F2N4O2. The van der Waals surface area contributed by atoms with Crippen molar-refractivity contribution in [2.24, 2.45) is 17.9 Å². The molecule has 0 unspecified atom stereocenters. The molecule has 1 atom stereocenters. The van der Waals surface area contributed by atoms with Gasteiger partial charge in [-0.1, -0.05) is 13.3 Å². The summed E-state index contributed by atoms with van der Waals surface area (Å²) in [5.74, 6) is -3.51. The van der Waals surface area contributed by atoms with Crippen molar-refractivity contribution < 1.29 is 18.4 Å². The van der Waals surface area contributed by atoms with Gasteiger partial charge in [0.05, 0.1) is 29.9 Å². The number of carbonyl (C=O) groups excluding carboxylic acids is 2. The smallest absolute Gasteiger partial charge is 0.266 e. The highest BCUT2D eigenvalue weighted by Crippen LogP contribution is 2.48. The first-order chi connectivity index (χ1) is 13.5. The summed E-state index contributed by atoms with van der Waals surface area (Å²) in [6.45, 7) is 4.18. The molecule has 1 aromatic heterocycles. The van der Waals surface area contributed by atoms with Crippen LogP contribution in [0.15, 0.2) is 6.07 Å². The molecule has 3 fully saturated rings. The Labute approximate surface area is 170 Å². The molecule has 0 radical (unpaired) electrons. The number of carbonyl (C=O) groups is 2. The minimum Gasteiger partial charge on any atom is -0.336 e. The highest BCUT2D eigenvalue weighted by molar-refractivity contribution is 5.87. The minimum absolute atomic E-state index is 0.108. The second-order valence-corrected chi connectivity index (χ2v) is 9.62. The topological polar surface area (TPSA) is 58.4 Å². The van der Waals surface area contributed by atoms with Crippen LogP contribution in [0.4, 0.5) is 8.78 Å². The fraction of sp³-hybridized carbons (Fsp3) is 0.762. The number of alkyl halides is 2. The summed E-state index contributed by atoms with van der Waals surface area (Å²) < 4.78 is 31.3. The molecule has 2 amide bonds. The van der Waals surface area contributed by atoms with Crippen LogP contribution < -0.4 is 0 Å². The molecule has 0 N–H and O–H groups in total. The third-order valence-electron chi connectivity index (χ3n) is 7.05. The number of rotatable bonds is 3. The van der Waals surface area contributed by atoms with E-state index in [1.165, 1.54) is 4.90 Å². The van der Waals surface area contributed by atoms with Gasteiger partial charge >= 0.3 is 0 Å². The van der Waals surface area contributed by atoms with Gasteiger partial charge in [0.1, 0.15) is 0 Å². The lowest BCUT2D eigenvalue weighted by atomic mass is 9.67. The van der Waals surface area contributed by atoms with Gasteiger partial charge in [-0.05, 0) is 38.7 Å². The second-order valence-electron chi connectivity index (χ2n) is 9.62. The number of nitrogens with zero attached hydrogens (tertiary/aromatic N) is 4. The van der Waals surface area contributed by atoms with Gasteiger partial charge in [-0.15, -0.1) is 0 Å². The number of amides is 2. The van der Waals surface area contributed by atoms with Crippen molar-refractivity contribution in [1.29, 1.82) is 0 Å². The van der Waals surface area contributed by atoms with Gasteiger partial charge < -0.3 is 9.80 Å². The zero-order valence-electron chi connectivity index (χ0n) is 17.5. The molecule has 160 valence electrons. The molecule has 8 heteroatoms. The van der Waals surface area contributed by atoms with E-state index in [1.54, 1.807) is 9.58 Å². The van der Waals surface area contributed by atoms with Crippen LogP contribution in [0.25, 0.3) is 0 Å². The first-order valence-corrected chi connectivity index (χ1v) is 10.5. The van der Waals surface area contributed by atoms with Crippen LogP contribution in [0.2, 0.25) is 0 Å². The van der Waals surface area contributed by atoms with Crippen molar-refractivity contribution in [3.63, 3.8) is 0 Å². The molecule has 0 bridgehead atoms. The molecule has 3 aliphatic rings. The normalized spacial score (nSPS) is 28.5. The first kappa shape index (κ1) is 20.3. The molecule has 1 aliphatic carbocycles. The van der Waals surface area contributed by atoms with Gasteiger partial charge in [0.25, 0.3) is 5.92 Å². The molecule has 3 heterocycles. The molecule has 6 nitrogen and oxygen atoms in total. The van der Waals surface area contributed by atoms with E-state index >= 15 is 0 Å². The predicted molar refractivity (Wildman–Crippen MR) is 103 cm³/mol. The Morgan fingerprint density at radius 1 is 1.21 bits per heavy atom. The van der Waals surface area contributed by atoms with E-state index in [0.29, 0.717) is 25.9 Å². The number of hydrogen-bond donors (Lipinski definition) is 0. The third-order valence-corrected chi connectivity index (χ3v) is 7.05. The lowest BCUT2D eigenvalue weighted by molar-refractivity contribution is -0.180. The monoisotopic (exact) mass is 408 g/mol. The van der Waals surface area contributed by atoms with Crippen LogP contribution >= 0.6 is 0 Å². The zero-order chi connectivity index (χ0) is 21.0. The van der Waals surface area contributed by atoms with E-state index in [0.717, 1.165) is 30.7 Å². The highest BCUT2D eigenvalue weighted by atomic mass is 19.3. The average Bonchev–Trinajstić information content (AvgIpc) is 2.92. The van der Waals surface area contributed by atoms with Crippen molar-refractivity contribution >= 4 is 11.8 Å². The number of halogens is 2. The Balaban J connectivity index is 1.58. The molecule has 2 saturated heterocycles. The van der Waals surface area contributed by atoms with Crippen molar-refractivity contribution in [1.82, 2.24) is 19.6 Å². The van der Waals surface area contributed by atoms with Gasteiger partial charge in [-0.2, -0.15) is 5.10 Å². The van der Waals surface area contributed by atoms with Gasteiger partial charge in [-0.3, -0.25) is 14.3 Å². The van der Waals surface area contributed by atoms with Crippen molar-refractivity contribution in [3.8, 4) is 0 Å². The molecular weight excluding hydrogens is 378 g/mol. The molecule has 4 rings (SSSR count). The maximum absolute atomic E-state index is 14.8. The Kier molecular flexibility index (Phi) is 4.74. The minimum atomic E-state index is -3.05. The third kappa shape index (κ3) is 3.55. The van der Waals surface area contributed by atoms with Crippen LogP contribution in [-0.4, -0.2) is 57.0 Å². The summed E-state index contributed by atoms with van der Waals surface area (Å²) in [6, 6.07) is 1.91. The van der Waals surface area contributed by atoms with Crippen molar-refractivity contribution in [3.05, 3.63) is 17.5 Å². The molecule has 0 aromatic carbocycles. The molecule has 1 aromatic rings. The van der Waals surface area contributed by atoms with Crippen LogP contribution in [-0.2, 0) is 23.2 Å². The van der Waals surface area contributed by atoms with E-state index in [1.807, 2.05) is 27.0 Å². The quantitative estimate of drug-likeness (QED) is 0.773. The van der Waals surface area contributed by atoms with Crippen LogP contribution in [0, 0.1) is 17.8 Å². The number of hydrogen-bond acceptors (Lipinski definition) is 3. The predicted octanol–water partition coefficient (Wildman–Crippen LogP) is 2.90. The van der Waals surface area contributed by atoms with E-state index < -0.39 is 29.7 Å². The van der Waals surface area contributed by atoms with E-state index in [4.69, 9.17) is 0 Å². The number of aromatic nitrogens is 2. The highest BCUT2D eigenvalue weighted by Gasteiger charge is 2.57. The first-order valence-electron chi connectivity index (χ1n) is 10.5. The zero-order valence-corrected chi connectivity index (χ0v) is 17.5. The lowest BCUT2D eigenvalue weighted by Gasteiger charge is -2.51. The van der Waals surface area contributed by atoms with Gasteiger partial charge in [0.2, 0.25) is 11.8 Å². The van der Waals surface area contributed by atoms with E-state index in [9.17, 15) is 18.4 Å². The number of likely N-dealkylation sites (tertiary alicyclic amines) is 2. The van der Waals surface area contributed by atoms with E-state index in [2.05, 4.69) is 5.10 Å². The number of aryl methyl sites for hydroxylation is 2. The Morgan fingerprint density at radius 2 is 1.93 bits per heavy atom. The second kappa shape index (κ2) is 6.77. The van der Waals surface area contributed by atoms with Gasteiger partial charge in [0, 0.05) is 32.0 Å².